The molecule has 0 bridgehead atoms. The SMILES string of the molecule is CCCCCCCCCCCCCCCCCCCCCCCCCCCCCCC(=O)CCCCCCCCCCCCCC. The van der Waals surface area contributed by atoms with E-state index in [-0.39, 0.29) is 0 Å². The van der Waals surface area contributed by atoms with Gasteiger partial charge >= 0.3 is 0 Å². The molecule has 0 radical (unpaired) electrons. The largest absolute Gasteiger partial charge is 0.300 e. The smallest absolute Gasteiger partial charge is 0.132 e. The van der Waals surface area contributed by atoms with Crippen molar-refractivity contribution in [3.63, 3.8) is 0 Å². The van der Waals surface area contributed by atoms with Gasteiger partial charge < -0.3 is 0 Å². The molecule has 0 unspecified atom stereocenters. The Morgan fingerprint density at radius 3 is 0.500 bits per heavy atom. The molecule has 0 aromatic rings. The average molecular weight is 647 g/mol. The molecule has 0 heterocycles. The molecule has 0 aromatic heterocycles. The van der Waals surface area contributed by atoms with Crippen molar-refractivity contribution in [1.29, 1.82) is 0 Å². The van der Waals surface area contributed by atoms with Crippen molar-refractivity contribution in [3.8, 4) is 0 Å². The zero-order chi connectivity index (χ0) is 33.3. The van der Waals surface area contributed by atoms with E-state index in [0.717, 1.165) is 25.7 Å². The van der Waals surface area contributed by atoms with Gasteiger partial charge in [0.15, 0.2) is 0 Å². The molecule has 0 N–H and O–H groups in total. The van der Waals surface area contributed by atoms with Gasteiger partial charge in [-0.05, 0) is 12.8 Å². The van der Waals surface area contributed by atoms with E-state index in [2.05, 4.69) is 13.8 Å². The van der Waals surface area contributed by atoms with Crippen molar-refractivity contribution in [3.05, 3.63) is 0 Å². The van der Waals surface area contributed by atoms with E-state index in [0.29, 0.717) is 5.78 Å². The van der Waals surface area contributed by atoms with E-state index in [1.54, 1.807) is 0 Å². The Morgan fingerprint density at radius 1 is 0.217 bits per heavy atom. The summed E-state index contributed by atoms with van der Waals surface area (Å²) in [6, 6.07) is 0. The first-order valence-electron chi connectivity index (χ1n) is 22.3. The van der Waals surface area contributed by atoms with Crippen LogP contribution in [0, 0.1) is 0 Å². The monoisotopic (exact) mass is 647 g/mol. The molecule has 0 saturated carbocycles. The highest BCUT2D eigenvalue weighted by Crippen LogP contribution is 2.17. The summed E-state index contributed by atoms with van der Waals surface area (Å²) in [5.74, 6) is 0.530. The molecule has 0 saturated heterocycles. The molecule has 276 valence electrons. The van der Waals surface area contributed by atoms with Gasteiger partial charge in [0.25, 0.3) is 0 Å². The summed E-state index contributed by atoms with van der Waals surface area (Å²) in [7, 11) is 0. The molecule has 0 fully saturated rings. The van der Waals surface area contributed by atoms with E-state index < -0.39 is 0 Å². The Bertz CT molecular complexity index is 539. The maximum Gasteiger partial charge on any atom is 0.132 e. The molecule has 0 aromatic carbocycles. The molecule has 0 rings (SSSR count). The predicted octanol–water partition coefficient (Wildman–Crippen LogP) is 17.0. The molecule has 0 spiro atoms. The fourth-order valence-electron chi connectivity index (χ4n) is 7.28. The minimum absolute atomic E-state index is 0.530. The van der Waals surface area contributed by atoms with Gasteiger partial charge in [-0.1, -0.05) is 258 Å². The second kappa shape index (κ2) is 42.7. The summed E-state index contributed by atoms with van der Waals surface area (Å²) in [6.07, 6.45) is 58.4. The molecule has 46 heavy (non-hydrogen) atoms. The van der Waals surface area contributed by atoms with Gasteiger partial charge in [0, 0.05) is 12.8 Å². The zero-order valence-corrected chi connectivity index (χ0v) is 32.6. The molecular formula is C45H90O. The van der Waals surface area contributed by atoms with Crippen molar-refractivity contribution in [2.45, 2.75) is 284 Å². The molecular weight excluding hydrogens is 556 g/mol. The second-order valence-corrected chi connectivity index (χ2v) is 15.5. The van der Waals surface area contributed by atoms with Crippen LogP contribution in [0.15, 0.2) is 0 Å². The number of hydrogen-bond acceptors (Lipinski definition) is 1. The molecule has 1 heteroatoms. The molecule has 0 aliphatic carbocycles. The number of carbonyl (C=O) groups excluding carboxylic acids is 1. The quantitative estimate of drug-likeness (QED) is 0.0603. The first-order chi connectivity index (χ1) is 22.8. The topological polar surface area (TPSA) is 17.1 Å². The van der Waals surface area contributed by atoms with Gasteiger partial charge in [-0.2, -0.15) is 0 Å². The highest BCUT2D eigenvalue weighted by Gasteiger charge is 2.02. The normalized spacial score (nSPS) is 11.5. The van der Waals surface area contributed by atoms with Crippen LogP contribution < -0.4 is 0 Å². The lowest BCUT2D eigenvalue weighted by molar-refractivity contribution is -0.119. The second-order valence-electron chi connectivity index (χ2n) is 15.5. The van der Waals surface area contributed by atoms with Gasteiger partial charge in [-0.15, -0.1) is 0 Å². The molecule has 0 aliphatic rings. The Labute approximate surface area is 293 Å². The van der Waals surface area contributed by atoms with Crippen LogP contribution in [0.25, 0.3) is 0 Å². The van der Waals surface area contributed by atoms with Crippen molar-refractivity contribution >= 4 is 5.78 Å². The fourth-order valence-corrected chi connectivity index (χ4v) is 7.28. The number of Topliss-reactive ketones (excluding diaryl/α,β-unsaturated/α-hetero) is 1. The van der Waals surface area contributed by atoms with Crippen molar-refractivity contribution in [1.82, 2.24) is 0 Å². The standard InChI is InChI=1S/C45H90O/c1-3-5-7-9-11-13-15-17-18-19-20-21-22-23-24-25-26-27-28-29-30-31-32-34-36-38-40-42-44-45(46)43-41-39-37-35-33-16-14-12-10-8-6-4-2/h3-44H2,1-2H3. The summed E-state index contributed by atoms with van der Waals surface area (Å²) in [4.78, 5) is 12.2. The molecule has 0 atom stereocenters. The van der Waals surface area contributed by atoms with Crippen molar-refractivity contribution in [2.75, 3.05) is 0 Å². The minimum Gasteiger partial charge on any atom is -0.300 e. The van der Waals surface area contributed by atoms with Crippen molar-refractivity contribution in [2.24, 2.45) is 0 Å². The van der Waals surface area contributed by atoms with Crippen LogP contribution in [-0.4, -0.2) is 5.78 Å². The van der Waals surface area contributed by atoms with E-state index in [1.807, 2.05) is 0 Å². The Kier molecular flexibility index (Phi) is 42.4. The lowest BCUT2D eigenvalue weighted by Crippen LogP contribution is -1.97. The predicted molar refractivity (Wildman–Crippen MR) is 210 cm³/mol. The average Bonchev–Trinajstić information content (AvgIpc) is 3.06. The number of unbranched alkanes of at least 4 members (excludes halogenated alkanes) is 38. The van der Waals surface area contributed by atoms with Crippen molar-refractivity contribution < 1.29 is 4.79 Å². The van der Waals surface area contributed by atoms with Gasteiger partial charge in [0.05, 0.1) is 0 Å². The van der Waals surface area contributed by atoms with Crippen LogP contribution in [0.5, 0.6) is 0 Å². The van der Waals surface area contributed by atoms with E-state index in [4.69, 9.17) is 0 Å². The van der Waals surface area contributed by atoms with Gasteiger partial charge in [-0.25, -0.2) is 0 Å². The summed E-state index contributed by atoms with van der Waals surface area (Å²) in [5, 5.41) is 0. The van der Waals surface area contributed by atoms with Crippen LogP contribution in [0.4, 0.5) is 0 Å². The Hall–Kier alpha value is -0.330. The van der Waals surface area contributed by atoms with Crippen LogP contribution in [0.3, 0.4) is 0 Å². The number of rotatable bonds is 42. The zero-order valence-electron chi connectivity index (χ0n) is 32.6. The first kappa shape index (κ1) is 45.7. The Morgan fingerprint density at radius 2 is 0.348 bits per heavy atom. The number of hydrogen-bond donors (Lipinski definition) is 0. The number of ketones is 1. The third-order valence-electron chi connectivity index (χ3n) is 10.6. The van der Waals surface area contributed by atoms with Crippen LogP contribution in [-0.2, 0) is 4.79 Å². The summed E-state index contributed by atoms with van der Waals surface area (Å²) < 4.78 is 0. The third kappa shape index (κ3) is 41.7. The maximum atomic E-state index is 12.2. The number of carbonyl (C=O) groups is 1. The van der Waals surface area contributed by atoms with Gasteiger partial charge in [-0.3, -0.25) is 4.79 Å². The lowest BCUT2D eigenvalue weighted by atomic mass is 10.0. The highest BCUT2D eigenvalue weighted by molar-refractivity contribution is 5.78. The lowest BCUT2D eigenvalue weighted by Gasteiger charge is -2.05. The van der Waals surface area contributed by atoms with Gasteiger partial charge in [0.1, 0.15) is 5.78 Å². The van der Waals surface area contributed by atoms with Gasteiger partial charge in [0.2, 0.25) is 0 Å². The summed E-state index contributed by atoms with van der Waals surface area (Å²) in [6.45, 7) is 4.60. The van der Waals surface area contributed by atoms with Crippen LogP contribution in [0.2, 0.25) is 0 Å². The van der Waals surface area contributed by atoms with Crippen LogP contribution >= 0.6 is 0 Å². The van der Waals surface area contributed by atoms with E-state index in [9.17, 15) is 4.79 Å². The molecule has 1 nitrogen and oxygen atoms in total. The first-order valence-corrected chi connectivity index (χ1v) is 22.3. The molecule has 0 amide bonds. The van der Waals surface area contributed by atoms with E-state index >= 15 is 0 Å². The highest BCUT2D eigenvalue weighted by atomic mass is 16.1. The van der Waals surface area contributed by atoms with E-state index in [1.165, 1.54) is 244 Å². The summed E-state index contributed by atoms with van der Waals surface area (Å²) in [5.41, 5.74) is 0. The Balaban J connectivity index is 3.12. The third-order valence-corrected chi connectivity index (χ3v) is 10.6. The molecule has 0 aliphatic heterocycles. The fraction of sp³-hybridized carbons (Fsp3) is 0.978. The minimum atomic E-state index is 0.530. The summed E-state index contributed by atoms with van der Waals surface area (Å²) >= 11 is 0. The van der Waals surface area contributed by atoms with Crippen LogP contribution in [0.1, 0.15) is 284 Å². The maximum absolute atomic E-state index is 12.2.